The first kappa shape index (κ1) is 20.6. The molecule has 0 saturated carbocycles. The predicted octanol–water partition coefficient (Wildman–Crippen LogP) is 4.73. The van der Waals surface area contributed by atoms with Crippen LogP contribution in [0.4, 0.5) is 10.1 Å². The van der Waals surface area contributed by atoms with Gasteiger partial charge in [-0.25, -0.2) is 27.8 Å². The molecule has 0 aliphatic rings. The van der Waals surface area contributed by atoms with Gasteiger partial charge in [0, 0.05) is 17.2 Å². The summed E-state index contributed by atoms with van der Waals surface area (Å²) in [6, 6.07) is 4.00. The third-order valence-corrected chi connectivity index (χ3v) is 6.17. The fourth-order valence-corrected chi connectivity index (χ4v) is 4.43. The molecule has 0 fully saturated rings. The highest BCUT2D eigenvalue weighted by atomic mass is 35.5. The number of hydrogen-bond donors (Lipinski definition) is 1. The summed E-state index contributed by atoms with van der Waals surface area (Å²) >= 11 is 7.87. The van der Waals surface area contributed by atoms with Gasteiger partial charge in [-0.3, -0.25) is 4.72 Å². The number of thiazole rings is 1. The zero-order valence-corrected chi connectivity index (χ0v) is 18.0. The Labute approximate surface area is 171 Å². The van der Waals surface area contributed by atoms with Crippen molar-refractivity contribution in [1.29, 1.82) is 0 Å². The molecule has 2 heterocycles. The van der Waals surface area contributed by atoms with E-state index in [4.69, 9.17) is 16.6 Å². The van der Waals surface area contributed by atoms with Crippen LogP contribution in [0.15, 0.2) is 30.7 Å². The lowest BCUT2D eigenvalue weighted by Crippen LogP contribution is -2.11. The molecule has 0 aliphatic carbocycles. The van der Waals surface area contributed by atoms with Crippen LogP contribution in [0.2, 0.25) is 5.02 Å². The molecule has 3 rings (SSSR count). The Morgan fingerprint density at radius 2 is 1.96 bits per heavy atom. The summed E-state index contributed by atoms with van der Waals surface area (Å²) in [6.07, 6.45) is 3.99. The van der Waals surface area contributed by atoms with Gasteiger partial charge in [0.2, 0.25) is 10.0 Å². The summed E-state index contributed by atoms with van der Waals surface area (Å²) in [5.41, 5.74) is 1.05. The molecule has 1 aromatic carbocycles. The largest absolute Gasteiger partial charge is 0.282 e. The molecule has 0 spiro atoms. The van der Waals surface area contributed by atoms with E-state index in [9.17, 15) is 12.8 Å². The second-order valence-electron chi connectivity index (χ2n) is 7.23. The smallest absolute Gasteiger partial charge is 0.229 e. The summed E-state index contributed by atoms with van der Waals surface area (Å²) in [5.74, 6) is -0.635. The molecule has 1 N–H and O–H groups in total. The topological polar surface area (TPSA) is 84.8 Å². The number of anilines is 1. The molecule has 0 unspecified atom stereocenters. The molecule has 148 valence electrons. The van der Waals surface area contributed by atoms with E-state index in [1.165, 1.54) is 23.7 Å². The molecule has 3 aromatic rings. The second-order valence-corrected chi connectivity index (χ2v) is 10.4. The van der Waals surface area contributed by atoms with Crippen LogP contribution < -0.4 is 4.72 Å². The van der Waals surface area contributed by atoms with Gasteiger partial charge in [-0.05, 0) is 18.2 Å². The van der Waals surface area contributed by atoms with Gasteiger partial charge in [-0.1, -0.05) is 32.4 Å². The van der Waals surface area contributed by atoms with Gasteiger partial charge in [0.15, 0.2) is 0 Å². The minimum Gasteiger partial charge on any atom is -0.282 e. The normalized spacial score (nSPS) is 12.2. The van der Waals surface area contributed by atoms with Crippen molar-refractivity contribution in [2.24, 2.45) is 0 Å². The van der Waals surface area contributed by atoms with Crippen molar-refractivity contribution < 1.29 is 12.8 Å². The Balaban J connectivity index is 2.28. The molecule has 6 nitrogen and oxygen atoms in total. The van der Waals surface area contributed by atoms with Crippen LogP contribution in [-0.2, 0) is 15.4 Å². The lowest BCUT2D eigenvalue weighted by atomic mass is 9.98. The quantitative estimate of drug-likeness (QED) is 0.634. The summed E-state index contributed by atoms with van der Waals surface area (Å²) in [7, 11) is -3.64. The molecule has 0 aliphatic heterocycles. The first-order valence-electron chi connectivity index (χ1n) is 8.20. The molecule has 0 bridgehead atoms. The molecule has 28 heavy (non-hydrogen) atoms. The highest BCUT2D eigenvalue weighted by Crippen LogP contribution is 2.44. The van der Waals surface area contributed by atoms with E-state index in [-0.39, 0.29) is 21.7 Å². The van der Waals surface area contributed by atoms with Gasteiger partial charge in [0.25, 0.3) is 0 Å². The van der Waals surface area contributed by atoms with Crippen molar-refractivity contribution in [2.45, 2.75) is 26.2 Å². The Hall–Kier alpha value is -2.10. The fourth-order valence-electron chi connectivity index (χ4n) is 2.46. The van der Waals surface area contributed by atoms with Crippen LogP contribution in [0.25, 0.3) is 21.8 Å². The molecule has 0 radical (unpaired) electrons. The molecule has 0 atom stereocenters. The third kappa shape index (κ3) is 4.48. The maximum atomic E-state index is 14.3. The molecule has 0 amide bonds. The molecule has 10 heteroatoms. The van der Waals surface area contributed by atoms with Crippen molar-refractivity contribution >= 4 is 38.6 Å². The van der Waals surface area contributed by atoms with E-state index in [0.717, 1.165) is 17.3 Å². The molecule has 2 aromatic heterocycles. The minimum atomic E-state index is -3.64. The summed E-state index contributed by atoms with van der Waals surface area (Å²) < 4.78 is 39.8. The summed E-state index contributed by atoms with van der Waals surface area (Å²) in [6.45, 7) is 6.05. The van der Waals surface area contributed by atoms with Crippen LogP contribution in [0.1, 0.15) is 25.8 Å². The van der Waals surface area contributed by atoms with E-state index < -0.39 is 15.8 Å². The van der Waals surface area contributed by atoms with E-state index in [1.807, 2.05) is 20.8 Å². The lowest BCUT2D eigenvalue weighted by molar-refractivity contribution is 0.586. The standard InChI is InChI=1S/C18H18ClFN4O2S2/c1-18(2,3)17-23-15(16(27-17)12-5-6-21-9-22-12)11-7-10(20)8-13(14(11)19)24-28(4,25)26/h5-9,24H,1-4H3. The average molecular weight is 441 g/mol. The number of sulfonamides is 1. The maximum Gasteiger partial charge on any atom is 0.229 e. The summed E-state index contributed by atoms with van der Waals surface area (Å²) in [4.78, 5) is 13.6. The van der Waals surface area contributed by atoms with Crippen LogP contribution in [0, 0.1) is 5.82 Å². The van der Waals surface area contributed by atoms with Gasteiger partial charge in [-0.15, -0.1) is 11.3 Å². The Kier molecular flexibility index (Phi) is 5.44. The van der Waals surface area contributed by atoms with E-state index in [1.54, 1.807) is 12.3 Å². The predicted molar refractivity (Wildman–Crippen MR) is 111 cm³/mol. The highest BCUT2D eigenvalue weighted by Gasteiger charge is 2.26. The minimum absolute atomic E-state index is 0.0434. The van der Waals surface area contributed by atoms with Crippen molar-refractivity contribution in [3.63, 3.8) is 0 Å². The monoisotopic (exact) mass is 440 g/mol. The van der Waals surface area contributed by atoms with Crippen LogP contribution in [-0.4, -0.2) is 29.6 Å². The Morgan fingerprint density at radius 1 is 1.25 bits per heavy atom. The number of rotatable bonds is 4. The number of benzene rings is 1. The van der Waals surface area contributed by atoms with E-state index in [0.29, 0.717) is 16.3 Å². The Morgan fingerprint density at radius 3 is 2.54 bits per heavy atom. The number of hydrogen-bond acceptors (Lipinski definition) is 6. The van der Waals surface area contributed by atoms with Gasteiger partial charge in [0.1, 0.15) is 12.1 Å². The fraction of sp³-hybridized carbons (Fsp3) is 0.278. The van der Waals surface area contributed by atoms with E-state index >= 15 is 0 Å². The zero-order valence-electron chi connectivity index (χ0n) is 15.6. The summed E-state index contributed by atoms with van der Waals surface area (Å²) in [5, 5.41) is 0.877. The highest BCUT2D eigenvalue weighted by molar-refractivity contribution is 7.92. The molecular weight excluding hydrogens is 423 g/mol. The molecular formula is C18H18ClFN4O2S2. The first-order chi connectivity index (χ1) is 13.0. The molecule has 0 saturated heterocycles. The van der Waals surface area contributed by atoms with Crippen molar-refractivity contribution in [3.8, 4) is 21.8 Å². The average Bonchev–Trinajstić information content (AvgIpc) is 3.03. The van der Waals surface area contributed by atoms with Crippen molar-refractivity contribution in [3.05, 3.63) is 46.6 Å². The van der Waals surface area contributed by atoms with Gasteiger partial charge >= 0.3 is 0 Å². The maximum absolute atomic E-state index is 14.3. The van der Waals surface area contributed by atoms with Crippen LogP contribution >= 0.6 is 22.9 Å². The zero-order chi connectivity index (χ0) is 20.7. The van der Waals surface area contributed by atoms with Gasteiger partial charge in [-0.2, -0.15) is 0 Å². The van der Waals surface area contributed by atoms with Gasteiger partial charge < -0.3 is 0 Å². The van der Waals surface area contributed by atoms with Crippen molar-refractivity contribution in [2.75, 3.05) is 11.0 Å². The number of halogens is 2. The Bertz CT molecular complexity index is 1130. The first-order valence-corrected chi connectivity index (χ1v) is 11.3. The number of aromatic nitrogens is 3. The SMILES string of the molecule is CC(C)(C)c1nc(-c2cc(F)cc(NS(C)(=O)=O)c2Cl)c(-c2ccncn2)s1. The van der Waals surface area contributed by atoms with Gasteiger partial charge in [0.05, 0.1) is 38.2 Å². The van der Waals surface area contributed by atoms with Crippen LogP contribution in [0.3, 0.4) is 0 Å². The second kappa shape index (κ2) is 7.38. The van der Waals surface area contributed by atoms with Crippen molar-refractivity contribution in [1.82, 2.24) is 15.0 Å². The van der Waals surface area contributed by atoms with Crippen LogP contribution in [0.5, 0.6) is 0 Å². The number of nitrogens with zero attached hydrogens (tertiary/aromatic N) is 3. The third-order valence-electron chi connectivity index (χ3n) is 3.67. The lowest BCUT2D eigenvalue weighted by Gasteiger charge is -2.14. The van der Waals surface area contributed by atoms with E-state index in [2.05, 4.69) is 14.7 Å². The number of nitrogens with one attached hydrogen (secondary N) is 1.